The zero-order chi connectivity index (χ0) is 19.6. The summed E-state index contributed by atoms with van der Waals surface area (Å²) in [7, 11) is -4.12. The molecular formula is C17H15FN2O6S. The highest BCUT2D eigenvalue weighted by atomic mass is 32.2. The van der Waals surface area contributed by atoms with Crippen LogP contribution in [0.1, 0.15) is 6.92 Å². The fourth-order valence-corrected chi connectivity index (χ4v) is 3.53. The fraction of sp³-hybridized carbons (Fsp3) is 0.176. The van der Waals surface area contributed by atoms with Gasteiger partial charge in [0.1, 0.15) is 12.4 Å². The highest BCUT2D eigenvalue weighted by Gasteiger charge is 2.20. The van der Waals surface area contributed by atoms with Gasteiger partial charge >= 0.3 is 11.7 Å². The predicted molar refractivity (Wildman–Crippen MR) is 94.3 cm³/mol. The number of aromatic nitrogens is 1. The summed E-state index contributed by atoms with van der Waals surface area (Å²) < 4.78 is 51.6. The number of carbonyl (C=O) groups excluding carboxylic acids is 1. The van der Waals surface area contributed by atoms with Crippen LogP contribution in [-0.4, -0.2) is 25.6 Å². The smallest absolute Gasteiger partial charge is 0.420 e. The van der Waals surface area contributed by atoms with Crippen LogP contribution in [0.2, 0.25) is 0 Å². The lowest BCUT2D eigenvalue weighted by atomic mass is 10.3. The molecule has 27 heavy (non-hydrogen) atoms. The van der Waals surface area contributed by atoms with E-state index in [0.717, 1.165) is 16.7 Å². The Morgan fingerprint density at radius 3 is 2.70 bits per heavy atom. The van der Waals surface area contributed by atoms with E-state index in [0.29, 0.717) is 0 Å². The van der Waals surface area contributed by atoms with E-state index < -0.39 is 27.6 Å². The summed E-state index contributed by atoms with van der Waals surface area (Å²) in [5.74, 6) is -2.18. The lowest BCUT2D eigenvalue weighted by Crippen LogP contribution is -2.21. The second-order valence-electron chi connectivity index (χ2n) is 5.47. The molecule has 10 heteroatoms. The van der Waals surface area contributed by atoms with Crippen molar-refractivity contribution in [3.05, 3.63) is 58.8 Å². The third-order valence-electron chi connectivity index (χ3n) is 3.66. The molecule has 0 bridgehead atoms. The lowest BCUT2D eigenvalue weighted by Gasteiger charge is -2.09. The number of oxazole rings is 1. The molecule has 3 rings (SSSR count). The van der Waals surface area contributed by atoms with E-state index in [1.165, 1.54) is 30.3 Å². The number of esters is 1. The van der Waals surface area contributed by atoms with E-state index in [9.17, 15) is 22.4 Å². The van der Waals surface area contributed by atoms with Crippen molar-refractivity contribution in [2.45, 2.75) is 18.4 Å². The van der Waals surface area contributed by atoms with Gasteiger partial charge < -0.3 is 9.15 Å². The van der Waals surface area contributed by atoms with Crippen LogP contribution in [0.15, 0.2) is 56.6 Å². The molecule has 1 heterocycles. The number of nitrogens with zero attached hydrogens (tertiary/aromatic N) is 1. The predicted octanol–water partition coefficient (Wildman–Crippen LogP) is 2.10. The van der Waals surface area contributed by atoms with Crippen LogP contribution in [0.3, 0.4) is 0 Å². The van der Waals surface area contributed by atoms with Crippen molar-refractivity contribution < 1.29 is 26.8 Å². The van der Waals surface area contributed by atoms with E-state index >= 15 is 0 Å². The summed E-state index contributed by atoms with van der Waals surface area (Å²) in [6, 6.07) is 8.99. The highest BCUT2D eigenvalue weighted by molar-refractivity contribution is 7.92. The molecule has 0 aliphatic carbocycles. The van der Waals surface area contributed by atoms with Gasteiger partial charge in [-0.1, -0.05) is 12.1 Å². The number of fused-ring (bicyclic) bond motifs is 1. The molecule has 1 N–H and O–H groups in total. The Balaban J connectivity index is 1.96. The van der Waals surface area contributed by atoms with Crippen molar-refractivity contribution in [2.75, 3.05) is 11.3 Å². The maximum absolute atomic E-state index is 13.7. The van der Waals surface area contributed by atoms with Crippen LogP contribution in [0.25, 0.3) is 11.1 Å². The number of para-hydroxylation sites is 1. The van der Waals surface area contributed by atoms with Crippen molar-refractivity contribution in [1.29, 1.82) is 0 Å². The molecule has 142 valence electrons. The summed E-state index contributed by atoms with van der Waals surface area (Å²) in [6.07, 6.45) is 0. The first kappa shape index (κ1) is 18.6. The molecule has 0 aliphatic rings. The Morgan fingerprint density at radius 1 is 1.26 bits per heavy atom. The second kappa shape index (κ2) is 7.23. The highest BCUT2D eigenvalue weighted by Crippen LogP contribution is 2.22. The van der Waals surface area contributed by atoms with Crippen LogP contribution in [0.5, 0.6) is 0 Å². The molecule has 0 radical (unpaired) electrons. The number of halogens is 1. The Kier molecular flexibility index (Phi) is 5.00. The summed E-state index contributed by atoms with van der Waals surface area (Å²) in [5.41, 5.74) is -0.00228. The molecule has 8 nitrogen and oxygen atoms in total. The number of hydrogen-bond acceptors (Lipinski definition) is 6. The molecule has 0 atom stereocenters. The third-order valence-corrected chi connectivity index (χ3v) is 5.02. The minimum absolute atomic E-state index is 0.0271. The van der Waals surface area contributed by atoms with Crippen LogP contribution in [-0.2, 0) is 26.1 Å². The molecule has 0 amide bonds. The SMILES string of the molecule is CCOC(=O)Cn1c(=O)oc2cc(S(=O)(=O)Nc3ccccc3F)ccc21. The maximum Gasteiger partial charge on any atom is 0.420 e. The molecular weight excluding hydrogens is 379 g/mol. The van der Waals surface area contributed by atoms with Gasteiger partial charge in [0.25, 0.3) is 10.0 Å². The van der Waals surface area contributed by atoms with Crippen molar-refractivity contribution in [3.63, 3.8) is 0 Å². The first-order valence-corrected chi connectivity index (χ1v) is 9.36. The van der Waals surface area contributed by atoms with Crippen molar-refractivity contribution in [1.82, 2.24) is 4.57 Å². The normalized spacial score (nSPS) is 11.5. The van der Waals surface area contributed by atoms with E-state index in [4.69, 9.17) is 9.15 Å². The van der Waals surface area contributed by atoms with Crippen molar-refractivity contribution >= 4 is 32.8 Å². The maximum atomic E-state index is 13.7. The monoisotopic (exact) mass is 394 g/mol. The first-order valence-electron chi connectivity index (χ1n) is 7.88. The van der Waals surface area contributed by atoms with Gasteiger partial charge in [0.2, 0.25) is 0 Å². The number of nitrogens with one attached hydrogen (secondary N) is 1. The zero-order valence-electron chi connectivity index (χ0n) is 14.1. The van der Waals surface area contributed by atoms with Crippen LogP contribution >= 0.6 is 0 Å². The van der Waals surface area contributed by atoms with E-state index in [2.05, 4.69) is 4.72 Å². The number of rotatable bonds is 6. The third kappa shape index (κ3) is 3.85. The molecule has 0 aliphatic heterocycles. The summed E-state index contributed by atoms with van der Waals surface area (Å²) >= 11 is 0. The number of anilines is 1. The van der Waals surface area contributed by atoms with Gasteiger partial charge in [-0.25, -0.2) is 17.6 Å². The quantitative estimate of drug-likeness (QED) is 0.642. The molecule has 2 aromatic carbocycles. The largest absolute Gasteiger partial charge is 0.465 e. The Bertz CT molecular complexity index is 1170. The summed E-state index contributed by atoms with van der Waals surface area (Å²) in [4.78, 5) is 23.3. The summed E-state index contributed by atoms with van der Waals surface area (Å²) in [5, 5.41) is 0. The number of hydrogen-bond donors (Lipinski definition) is 1. The number of benzene rings is 2. The van der Waals surface area contributed by atoms with Gasteiger partial charge in [-0.15, -0.1) is 0 Å². The van der Waals surface area contributed by atoms with Crippen LogP contribution in [0.4, 0.5) is 10.1 Å². The Labute approximate surface area is 153 Å². The first-order chi connectivity index (χ1) is 12.8. The second-order valence-corrected chi connectivity index (χ2v) is 7.16. The van der Waals surface area contributed by atoms with Gasteiger partial charge in [-0.05, 0) is 31.2 Å². The van der Waals surface area contributed by atoms with Crippen LogP contribution < -0.4 is 10.5 Å². The fourth-order valence-electron chi connectivity index (χ4n) is 2.45. The number of ether oxygens (including phenoxy) is 1. The van der Waals surface area contributed by atoms with E-state index in [1.54, 1.807) is 6.92 Å². The van der Waals surface area contributed by atoms with Crippen molar-refractivity contribution in [2.24, 2.45) is 0 Å². The van der Waals surface area contributed by atoms with E-state index in [1.807, 2.05) is 0 Å². The molecule has 3 aromatic rings. The topological polar surface area (TPSA) is 108 Å². The summed E-state index contributed by atoms with van der Waals surface area (Å²) in [6.45, 7) is 1.43. The van der Waals surface area contributed by atoms with Gasteiger partial charge in [0, 0.05) is 6.07 Å². The van der Waals surface area contributed by atoms with Crippen LogP contribution in [0, 0.1) is 5.82 Å². The van der Waals surface area contributed by atoms with Gasteiger partial charge in [-0.2, -0.15) is 0 Å². The molecule has 0 saturated heterocycles. The average molecular weight is 394 g/mol. The minimum Gasteiger partial charge on any atom is -0.465 e. The molecule has 1 aromatic heterocycles. The number of carbonyl (C=O) groups is 1. The Hall–Kier alpha value is -3.14. The van der Waals surface area contributed by atoms with Crippen molar-refractivity contribution in [3.8, 4) is 0 Å². The van der Waals surface area contributed by atoms with Gasteiger partial charge in [-0.3, -0.25) is 14.1 Å². The van der Waals surface area contributed by atoms with Gasteiger partial charge in [0.05, 0.1) is 22.7 Å². The molecule has 0 fully saturated rings. The standard InChI is InChI=1S/C17H15FN2O6S/c1-2-25-16(21)10-20-14-8-7-11(9-15(14)26-17(20)22)27(23,24)19-13-6-4-3-5-12(13)18/h3-9,19H,2,10H2,1H3. The minimum atomic E-state index is -4.12. The Morgan fingerprint density at radius 2 is 2.00 bits per heavy atom. The number of sulfonamides is 1. The lowest BCUT2D eigenvalue weighted by molar-refractivity contribution is -0.143. The molecule has 0 spiro atoms. The van der Waals surface area contributed by atoms with E-state index in [-0.39, 0.29) is 34.8 Å². The molecule has 0 saturated carbocycles. The molecule has 0 unspecified atom stereocenters. The van der Waals surface area contributed by atoms with Gasteiger partial charge in [0.15, 0.2) is 5.58 Å². The zero-order valence-corrected chi connectivity index (χ0v) is 15.0. The average Bonchev–Trinajstić information content (AvgIpc) is 2.92.